The van der Waals surface area contributed by atoms with Crippen molar-refractivity contribution in [3.05, 3.63) is 24.8 Å². The van der Waals surface area contributed by atoms with E-state index in [4.69, 9.17) is 4.74 Å². The maximum absolute atomic E-state index is 11.7. The lowest BCUT2D eigenvalue weighted by molar-refractivity contribution is -0.124. The Kier molecular flexibility index (Phi) is 3.21. The third kappa shape index (κ3) is 2.51. The monoisotopic (exact) mass is 223 g/mol. The Morgan fingerprint density at radius 1 is 1.56 bits per heavy atom. The molecule has 1 aliphatic rings. The molecule has 0 bridgehead atoms. The van der Waals surface area contributed by atoms with Crippen molar-refractivity contribution >= 4 is 12.0 Å². The van der Waals surface area contributed by atoms with Crippen LogP contribution in [0.4, 0.5) is 4.79 Å². The lowest BCUT2D eigenvalue weighted by atomic mass is 10.1. The van der Waals surface area contributed by atoms with Crippen LogP contribution in [0, 0.1) is 5.92 Å². The molecule has 0 spiro atoms. The average molecular weight is 223 g/mol. The number of hydrogen-bond acceptors (Lipinski definition) is 3. The zero-order valence-electron chi connectivity index (χ0n) is 9.95. The highest BCUT2D eigenvalue weighted by Crippen LogP contribution is 2.25. The predicted molar refractivity (Wildman–Crippen MR) is 60.8 cm³/mol. The Morgan fingerprint density at radius 2 is 2.12 bits per heavy atom. The zero-order chi connectivity index (χ0) is 12.5. The molecule has 0 aromatic carbocycles. The van der Waals surface area contributed by atoms with Crippen LogP contribution in [0.3, 0.4) is 0 Å². The number of nitrogens with zero attached hydrogens (tertiary/aromatic N) is 1. The summed E-state index contributed by atoms with van der Waals surface area (Å²) < 4.78 is 5.12. The third-order valence-electron chi connectivity index (χ3n) is 2.25. The highest BCUT2D eigenvalue weighted by atomic mass is 16.6. The molecular formula is C12H17NO3. The molecule has 0 radical (unpaired) electrons. The number of ether oxygens (including phenoxy) is 1. The Morgan fingerprint density at radius 3 is 2.50 bits per heavy atom. The summed E-state index contributed by atoms with van der Waals surface area (Å²) >= 11 is 0. The normalized spacial score (nSPS) is 21.2. The number of hydrogen-bond donors (Lipinski definition) is 0. The fraction of sp³-hybridized carbons (Fsp3) is 0.500. The fourth-order valence-electron chi connectivity index (χ4n) is 1.41. The van der Waals surface area contributed by atoms with Gasteiger partial charge in [0.1, 0.15) is 5.60 Å². The van der Waals surface area contributed by atoms with Crippen molar-refractivity contribution in [2.24, 2.45) is 5.92 Å². The fourth-order valence-corrected chi connectivity index (χ4v) is 1.41. The van der Waals surface area contributed by atoms with E-state index < -0.39 is 11.7 Å². The van der Waals surface area contributed by atoms with E-state index in [1.165, 1.54) is 0 Å². The van der Waals surface area contributed by atoms with Gasteiger partial charge in [-0.15, -0.1) is 6.58 Å². The van der Waals surface area contributed by atoms with E-state index in [1.807, 2.05) is 0 Å². The van der Waals surface area contributed by atoms with E-state index in [9.17, 15) is 9.59 Å². The Bertz CT molecular complexity index is 352. The van der Waals surface area contributed by atoms with E-state index in [0.717, 1.165) is 4.90 Å². The minimum absolute atomic E-state index is 0.167. The lowest BCUT2D eigenvalue weighted by Crippen LogP contribution is -2.37. The number of carbonyl (C=O) groups excluding carboxylic acids is 2. The highest BCUT2D eigenvalue weighted by Gasteiger charge is 2.38. The molecule has 16 heavy (non-hydrogen) atoms. The Balaban J connectivity index is 2.76. The van der Waals surface area contributed by atoms with Crippen molar-refractivity contribution in [3.8, 4) is 0 Å². The second kappa shape index (κ2) is 4.12. The van der Waals surface area contributed by atoms with Crippen LogP contribution in [-0.4, -0.2) is 29.0 Å². The SMILES string of the molecule is C=C[C@@H]1CN(C(=O)OC(C)(C)C)C(=O)C1=C. The van der Waals surface area contributed by atoms with Crippen molar-refractivity contribution in [1.29, 1.82) is 0 Å². The second-order valence-corrected chi connectivity index (χ2v) is 4.76. The first-order chi connectivity index (χ1) is 7.26. The summed E-state index contributed by atoms with van der Waals surface area (Å²) in [7, 11) is 0. The molecule has 0 aliphatic carbocycles. The van der Waals surface area contributed by atoms with Gasteiger partial charge < -0.3 is 4.74 Å². The zero-order valence-corrected chi connectivity index (χ0v) is 9.95. The topological polar surface area (TPSA) is 46.6 Å². The van der Waals surface area contributed by atoms with E-state index >= 15 is 0 Å². The van der Waals surface area contributed by atoms with Crippen molar-refractivity contribution in [3.63, 3.8) is 0 Å². The molecule has 4 heteroatoms. The van der Waals surface area contributed by atoms with Crippen LogP contribution in [0.15, 0.2) is 24.8 Å². The Labute approximate surface area is 95.6 Å². The van der Waals surface area contributed by atoms with Gasteiger partial charge >= 0.3 is 6.09 Å². The van der Waals surface area contributed by atoms with Gasteiger partial charge in [0, 0.05) is 18.0 Å². The molecule has 1 saturated heterocycles. The summed E-state index contributed by atoms with van der Waals surface area (Å²) in [6.07, 6.45) is 0.993. The molecule has 1 fully saturated rings. The van der Waals surface area contributed by atoms with Gasteiger partial charge in [-0.3, -0.25) is 4.79 Å². The molecule has 1 rings (SSSR count). The van der Waals surface area contributed by atoms with Crippen LogP contribution in [0.5, 0.6) is 0 Å². The summed E-state index contributed by atoms with van der Waals surface area (Å²) in [4.78, 5) is 24.4. The van der Waals surface area contributed by atoms with Crippen LogP contribution >= 0.6 is 0 Å². The number of likely N-dealkylation sites (tertiary alicyclic amines) is 1. The van der Waals surface area contributed by atoms with Gasteiger partial charge in [0.25, 0.3) is 5.91 Å². The predicted octanol–water partition coefficient (Wildman–Crippen LogP) is 2.12. The molecule has 0 aromatic heterocycles. The Hall–Kier alpha value is -1.58. The quantitative estimate of drug-likeness (QED) is 0.505. The maximum atomic E-state index is 11.7. The van der Waals surface area contributed by atoms with E-state index in [0.29, 0.717) is 5.57 Å². The molecule has 0 N–H and O–H groups in total. The van der Waals surface area contributed by atoms with Gasteiger partial charge in [-0.1, -0.05) is 12.7 Å². The lowest BCUT2D eigenvalue weighted by Gasteiger charge is -2.23. The molecule has 2 amide bonds. The number of carbonyl (C=O) groups is 2. The largest absolute Gasteiger partial charge is 0.443 e. The van der Waals surface area contributed by atoms with Gasteiger partial charge in [0.05, 0.1) is 0 Å². The first kappa shape index (κ1) is 12.5. The van der Waals surface area contributed by atoms with Crippen molar-refractivity contribution in [1.82, 2.24) is 4.90 Å². The van der Waals surface area contributed by atoms with Gasteiger partial charge in [-0.2, -0.15) is 0 Å². The van der Waals surface area contributed by atoms with Crippen molar-refractivity contribution < 1.29 is 14.3 Å². The van der Waals surface area contributed by atoms with Crippen molar-refractivity contribution in [2.45, 2.75) is 26.4 Å². The van der Waals surface area contributed by atoms with Crippen LogP contribution in [-0.2, 0) is 9.53 Å². The summed E-state index contributed by atoms with van der Waals surface area (Å²) in [5, 5.41) is 0. The summed E-state index contributed by atoms with van der Waals surface area (Å²) in [6, 6.07) is 0. The van der Waals surface area contributed by atoms with E-state index in [1.54, 1.807) is 26.8 Å². The maximum Gasteiger partial charge on any atom is 0.417 e. The molecule has 88 valence electrons. The van der Waals surface area contributed by atoms with Crippen LogP contribution in [0.25, 0.3) is 0 Å². The van der Waals surface area contributed by atoms with Crippen LogP contribution in [0.1, 0.15) is 20.8 Å². The summed E-state index contributed by atoms with van der Waals surface area (Å²) in [5.74, 6) is -0.542. The molecule has 0 saturated carbocycles. The smallest absolute Gasteiger partial charge is 0.417 e. The van der Waals surface area contributed by atoms with Crippen LogP contribution < -0.4 is 0 Å². The average Bonchev–Trinajstić information content (AvgIpc) is 2.41. The summed E-state index contributed by atoms with van der Waals surface area (Å²) in [5.41, 5.74) is -0.217. The second-order valence-electron chi connectivity index (χ2n) is 4.76. The van der Waals surface area contributed by atoms with Gasteiger partial charge in [-0.25, -0.2) is 9.69 Å². The first-order valence-electron chi connectivity index (χ1n) is 5.12. The summed E-state index contributed by atoms with van der Waals surface area (Å²) in [6.45, 7) is 12.8. The standard InChI is InChI=1S/C12H17NO3/c1-6-9-7-13(10(14)8(9)2)11(15)16-12(3,4)5/h6,9H,1-2,7H2,3-5H3/t9-/m1/s1. The number of imide groups is 1. The van der Waals surface area contributed by atoms with E-state index in [-0.39, 0.29) is 18.4 Å². The molecule has 1 aliphatic heterocycles. The molecule has 0 aromatic rings. The molecule has 4 nitrogen and oxygen atoms in total. The molecule has 1 heterocycles. The van der Waals surface area contributed by atoms with E-state index in [2.05, 4.69) is 13.2 Å². The van der Waals surface area contributed by atoms with Crippen LogP contribution in [0.2, 0.25) is 0 Å². The molecule has 0 unspecified atom stereocenters. The first-order valence-corrected chi connectivity index (χ1v) is 5.12. The minimum Gasteiger partial charge on any atom is -0.443 e. The van der Waals surface area contributed by atoms with Crippen molar-refractivity contribution in [2.75, 3.05) is 6.54 Å². The highest BCUT2D eigenvalue weighted by molar-refractivity contribution is 6.05. The minimum atomic E-state index is -0.622. The molecular weight excluding hydrogens is 206 g/mol. The number of rotatable bonds is 1. The van der Waals surface area contributed by atoms with Gasteiger partial charge in [0.15, 0.2) is 0 Å². The van der Waals surface area contributed by atoms with Gasteiger partial charge in [-0.05, 0) is 20.8 Å². The molecule has 1 atom stereocenters. The third-order valence-corrected chi connectivity index (χ3v) is 2.25. The number of amides is 2. The van der Waals surface area contributed by atoms with Gasteiger partial charge in [0.2, 0.25) is 0 Å².